The molecule has 0 fully saturated rings. The lowest BCUT2D eigenvalue weighted by molar-refractivity contribution is -0.130. The molecule has 1 N–H and O–H groups in total. The SMILES string of the molecule is C/C=C/c1ccc2c(c1)O[C@@H](CN(C)C(=O)Cc1ccncc1)[C@@H](C)CN([C@@H](C)CO)S2(=O)=O. The largest absolute Gasteiger partial charge is 0.487 e. The molecule has 9 heteroatoms. The summed E-state index contributed by atoms with van der Waals surface area (Å²) in [6.07, 6.45) is 6.83. The number of pyridine rings is 1. The quantitative estimate of drug-likeness (QED) is 0.644. The molecule has 2 aromatic rings. The van der Waals surface area contributed by atoms with Crippen LogP contribution in [-0.4, -0.2) is 72.5 Å². The zero-order valence-corrected chi connectivity index (χ0v) is 20.9. The number of ether oxygens (including phenoxy) is 1. The Balaban J connectivity index is 1.94. The van der Waals surface area contributed by atoms with Crippen molar-refractivity contribution in [2.24, 2.45) is 5.92 Å². The van der Waals surface area contributed by atoms with E-state index in [-0.39, 0.29) is 42.0 Å². The van der Waals surface area contributed by atoms with Crippen LogP contribution in [0.2, 0.25) is 0 Å². The summed E-state index contributed by atoms with van der Waals surface area (Å²) in [5.41, 5.74) is 1.68. The lowest BCUT2D eigenvalue weighted by Gasteiger charge is -2.37. The smallest absolute Gasteiger partial charge is 0.247 e. The highest BCUT2D eigenvalue weighted by Crippen LogP contribution is 2.34. The third kappa shape index (κ3) is 5.84. The first-order valence-corrected chi connectivity index (χ1v) is 12.8. The lowest BCUT2D eigenvalue weighted by atomic mass is 10.0. The van der Waals surface area contributed by atoms with Crippen LogP contribution in [0.3, 0.4) is 0 Å². The van der Waals surface area contributed by atoms with Gasteiger partial charge in [0.05, 0.1) is 19.6 Å². The number of nitrogens with zero attached hydrogens (tertiary/aromatic N) is 3. The number of fused-ring (bicyclic) bond motifs is 1. The van der Waals surface area contributed by atoms with Crippen LogP contribution in [0, 0.1) is 5.92 Å². The molecule has 1 amide bonds. The molecule has 34 heavy (non-hydrogen) atoms. The number of sulfonamides is 1. The molecular weight excluding hydrogens is 454 g/mol. The van der Waals surface area contributed by atoms with Crippen molar-refractivity contribution >= 4 is 22.0 Å². The zero-order chi connectivity index (χ0) is 24.9. The number of rotatable bonds is 7. The van der Waals surface area contributed by atoms with Crippen LogP contribution in [0.4, 0.5) is 0 Å². The first kappa shape index (κ1) is 25.9. The maximum absolute atomic E-state index is 13.5. The third-order valence-electron chi connectivity index (χ3n) is 6.03. The van der Waals surface area contributed by atoms with Crippen LogP contribution in [0.1, 0.15) is 31.9 Å². The molecule has 184 valence electrons. The van der Waals surface area contributed by atoms with Crippen molar-refractivity contribution in [2.75, 3.05) is 26.7 Å². The maximum Gasteiger partial charge on any atom is 0.247 e. The topological polar surface area (TPSA) is 100 Å². The van der Waals surface area contributed by atoms with E-state index in [1.807, 2.05) is 26.0 Å². The van der Waals surface area contributed by atoms with Gasteiger partial charge in [0, 0.05) is 37.9 Å². The normalized spacial score (nSPS) is 21.2. The van der Waals surface area contributed by atoms with Gasteiger partial charge in [-0.1, -0.05) is 25.1 Å². The molecule has 1 aliphatic heterocycles. The number of carbonyl (C=O) groups excluding carboxylic acids is 1. The minimum absolute atomic E-state index is 0.0590. The van der Waals surface area contributed by atoms with E-state index in [9.17, 15) is 18.3 Å². The number of carbonyl (C=O) groups is 1. The van der Waals surface area contributed by atoms with Crippen molar-refractivity contribution in [1.82, 2.24) is 14.2 Å². The maximum atomic E-state index is 13.5. The Hall–Kier alpha value is -2.75. The molecule has 0 spiro atoms. The van der Waals surface area contributed by atoms with Gasteiger partial charge in [0.15, 0.2) is 0 Å². The van der Waals surface area contributed by atoms with Crippen molar-refractivity contribution in [3.05, 3.63) is 59.9 Å². The Morgan fingerprint density at radius 1 is 1.32 bits per heavy atom. The first-order valence-electron chi connectivity index (χ1n) is 11.4. The molecule has 1 aromatic heterocycles. The van der Waals surface area contributed by atoms with E-state index in [2.05, 4.69) is 4.98 Å². The number of hydrogen-bond acceptors (Lipinski definition) is 6. The summed E-state index contributed by atoms with van der Waals surface area (Å²) in [5.74, 6) is -0.0594. The summed E-state index contributed by atoms with van der Waals surface area (Å²) in [6, 6.07) is 7.99. The highest BCUT2D eigenvalue weighted by molar-refractivity contribution is 7.89. The predicted octanol–water partition coefficient (Wildman–Crippen LogP) is 2.58. The predicted molar refractivity (Wildman–Crippen MR) is 131 cm³/mol. The molecule has 1 aromatic carbocycles. The molecule has 0 saturated heterocycles. The Morgan fingerprint density at radius 3 is 2.68 bits per heavy atom. The van der Waals surface area contributed by atoms with E-state index >= 15 is 0 Å². The number of benzene rings is 1. The second-order valence-electron chi connectivity index (χ2n) is 8.75. The number of allylic oxidation sites excluding steroid dienone is 1. The van der Waals surface area contributed by atoms with Crippen molar-refractivity contribution in [2.45, 2.75) is 44.2 Å². The van der Waals surface area contributed by atoms with Crippen LogP contribution in [0.25, 0.3) is 6.08 Å². The molecular formula is C25H33N3O5S. The fraction of sp³-hybridized carbons (Fsp3) is 0.440. The number of likely N-dealkylation sites (N-methyl/N-ethyl adjacent to an activating group) is 1. The zero-order valence-electron chi connectivity index (χ0n) is 20.1. The second-order valence-corrected chi connectivity index (χ2v) is 10.6. The summed E-state index contributed by atoms with van der Waals surface area (Å²) in [7, 11) is -2.17. The van der Waals surface area contributed by atoms with Gasteiger partial charge in [-0.2, -0.15) is 4.31 Å². The van der Waals surface area contributed by atoms with Crippen LogP contribution >= 0.6 is 0 Å². The molecule has 0 aliphatic carbocycles. The number of aromatic nitrogens is 1. The molecule has 3 rings (SSSR count). The van der Waals surface area contributed by atoms with Gasteiger partial charge in [-0.05, 0) is 49.2 Å². The number of hydrogen-bond donors (Lipinski definition) is 1. The number of aliphatic hydroxyl groups excluding tert-OH is 1. The van der Waals surface area contributed by atoms with Crippen LogP contribution in [-0.2, 0) is 21.2 Å². The fourth-order valence-electron chi connectivity index (χ4n) is 3.94. The van der Waals surface area contributed by atoms with Crippen molar-refractivity contribution in [3.8, 4) is 5.75 Å². The number of amides is 1. The molecule has 0 saturated carbocycles. The van der Waals surface area contributed by atoms with Crippen LogP contribution in [0.15, 0.2) is 53.7 Å². The van der Waals surface area contributed by atoms with Gasteiger partial charge < -0.3 is 14.7 Å². The Bertz CT molecular complexity index is 1120. The van der Waals surface area contributed by atoms with Crippen molar-refractivity contribution in [1.29, 1.82) is 0 Å². The van der Waals surface area contributed by atoms with Crippen LogP contribution in [0.5, 0.6) is 5.75 Å². The van der Waals surface area contributed by atoms with E-state index in [0.717, 1.165) is 11.1 Å². The summed E-state index contributed by atoms with van der Waals surface area (Å²) >= 11 is 0. The summed E-state index contributed by atoms with van der Waals surface area (Å²) in [4.78, 5) is 18.5. The lowest BCUT2D eigenvalue weighted by Crippen LogP contribution is -2.50. The highest BCUT2D eigenvalue weighted by atomic mass is 32.2. The molecule has 3 atom stereocenters. The van der Waals surface area contributed by atoms with Gasteiger partial charge >= 0.3 is 0 Å². The van der Waals surface area contributed by atoms with Gasteiger partial charge in [0.1, 0.15) is 16.7 Å². The molecule has 1 aliphatic rings. The Morgan fingerprint density at radius 2 is 2.03 bits per heavy atom. The van der Waals surface area contributed by atoms with Crippen LogP contribution < -0.4 is 4.74 Å². The van der Waals surface area contributed by atoms with Crippen molar-refractivity contribution in [3.63, 3.8) is 0 Å². The Labute approximate surface area is 201 Å². The van der Waals surface area contributed by atoms with E-state index in [4.69, 9.17) is 4.74 Å². The van der Waals surface area contributed by atoms with E-state index in [0.29, 0.717) is 6.54 Å². The molecule has 8 nitrogen and oxygen atoms in total. The molecule has 0 unspecified atom stereocenters. The van der Waals surface area contributed by atoms with E-state index in [1.165, 1.54) is 4.31 Å². The fourth-order valence-corrected chi connectivity index (χ4v) is 5.76. The van der Waals surface area contributed by atoms with E-state index < -0.39 is 22.2 Å². The van der Waals surface area contributed by atoms with Gasteiger partial charge in [0.25, 0.3) is 0 Å². The number of aliphatic hydroxyl groups is 1. The summed E-state index contributed by atoms with van der Waals surface area (Å²) in [5, 5.41) is 9.75. The highest BCUT2D eigenvalue weighted by Gasteiger charge is 2.38. The summed E-state index contributed by atoms with van der Waals surface area (Å²) in [6.45, 7) is 5.62. The van der Waals surface area contributed by atoms with Gasteiger partial charge in [0.2, 0.25) is 15.9 Å². The van der Waals surface area contributed by atoms with Gasteiger partial charge in [-0.15, -0.1) is 0 Å². The van der Waals surface area contributed by atoms with Gasteiger partial charge in [-0.3, -0.25) is 9.78 Å². The minimum atomic E-state index is -3.89. The average molecular weight is 488 g/mol. The minimum Gasteiger partial charge on any atom is -0.487 e. The monoisotopic (exact) mass is 487 g/mol. The molecule has 2 heterocycles. The second kappa shape index (κ2) is 11.1. The van der Waals surface area contributed by atoms with Crippen molar-refractivity contribution < 1.29 is 23.1 Å². The Kier molecular flexibility index (Phi) is 8.46. The van der Waals surface area contributed by atoms with E-state index in [1.54, 1.807) is 61.6 Å². The molecule has 0 bridgehead atoms. The third-order valence-corrected chi connectivity index (χ3v) is 8.05. The first-order chi connectivity index (χ1) is 16.2. The summed E-state index contributed by atoms with van der Waals surface area (Å²) < 4.78 is 34.6. The standard InChI is InChI=1S/C25H33N3O5S/c1-5-6-20-7-8-24-22(13-20)33-23(18(2)15-28(19(3)17-29)34(24,31)32)16-27(4)25(30)14-21-9-11-26-12-10-21/h5-13,18-19,23,29H,14-17H2,1-4H3/b6-5+/t18-,19-,23-/m0/s1. The average Bonchev–Trinajstić information content (AvgIpc) is 2.81. The van der Waals surface area contributed by atoms with Gasteiger partial charge in [-0.25, -0.2) is 8.42 Å². The molecule has 0 radical (unpaired) electrons.